The largest absolute Gasteiger partial charge is 0.485 e. The van der Waals surface area contributed by atoms with Crippen LogP contribution in [0.3, 0.4) is 0 Å². The number of nitrogens with two attached hydrogens (primary N) is 2. The van der Waals surface area contributed by atoms with Gasteiger partial charge in [-0.1, -0.05) is 66.7 Å². The lowest BCUT2D eigenvalue weighted by Gasteiger charge is -2.19. The Labute approximate surface area is 197 Å². The minimum absolute atomic E-state index is 0.000804. The third kappa shape index (κ3) is 7.09. The van der Waals surface area contributed by atoms with Crippen molar-refractivity contribution in [3.8, 4) is 11.5 Å². The molecule has 0 unspecified atom stereocenters. The molecule has 176 valence electrons. The lowest BCUT2D eigenvalue weighted by Crippen LogP contribution is -2.45. The number of benzene rings is 3. The molecule has 3 rings (SSSR count). The van der Waals surface area contributed by atoms with Crippen molar-refractivity contribution in [2.24, 2.45) is 11.5 Å². The van der Waals surface area contributed by atoms with Gasteiger partial charge in [0.25, 0.3) is 5.91 Å². The van der Waals surface area contributed by atoms with Gasteiger partial charge in [-0.2, -0.15) is 0 Å². The van der Waals surface area contributed by atoms with Crippen molar-refractivity contribution in [3.63, 3.8) is 0 Å². The number of amides is 3. The zero-order valence-corrected chi connectivity index (χ0v) is 18.6. The number of hydrogen-bond donors (Lipinski definition) is 3. The first-order valence-corrected chi connectivity index (χ1v) is 10.8. The van der Waals surface area contributed by atoms with Gasteiger partial charge in [0.15, 0.2) is 11.5 Å². The minimum atomic E-state index is -1.06. The third-order valence-electron chi connectivity index (χ3n) is 5.01. The Balaban J connectivity index is 1.85. The van der Waals surface area contributed by atoms with Crippen LogP contribution in [0.15, 0.2) is 78.9 Å². The van der Waals surface area contributed by atoms with Gasteiger partial charge >= 0.3 is 0 Å². The highest BCUT2D eigenvalue weighted by atomic mass is 16.5. The van der Waals surface area contributed by atoms with Crippen molar-refractivity contribution in [1.82, 2.24) is 5.32 Å². The summed E-state index contributed by atoms with van der Waals surface area (Å²) in [6.07, 6.45) is -0.0910. The summed E-state index contributed by atoms with van der Waals surface area (Å²) in [5, 5.41) is 2.57. The monoisotopic (exact) mass is 461 g/mol. The summed E-state index contributed by atoms with van der Waals surface area (Å²) in [5.41, 5.74) is 12.6. The third-order valence-corrected chi connectivity index (χ3v) is 5.01. The molecule has 0 heterocycles. The van der Waals surface area contributed by atoms with Crippen molar-refractivity contribution < 1.29 is 23.9 Å². The zero-order chi connectivity index (χ0) is 24.3. The fourth-order valence-corrected chi connectivity index (χ4v) is 3.23. The molecular weight excluding hydrogens is 434 g/mol. The van der Waals surface area contributed by atoms with E-state index in [0.717, 1.165) is 11.1 Å². The van der Waals surface area contributed by atoms with Crippen LogP contribution in [0.25, 0.3) is 0 Å². The Kier molecular flexibility index (Phi) is 8.62. The number of para-hydroxylation sites is 1. The molecule has 3 aromatic carbocycles. The van der Waals surface area contributed by atoms with Crippen molar-refractivity contribution >= 4 is 17.7 Å². The summed E-state index contributed by atoms with van der Waals surface area (Å²) in [7, 11) is 0. The smallest absolute Gasteiger partial charge is 0.255 e. The fourth-order valence-electron chi connectivity index (χ4n) is 3.23. The van der Waals surface area contributed by atoms with Gasteiger partial charge in [-0.15, -0.1) is 0 Å². The summed E-state index contributed by atoms with van der Waals surface area (Å²) in [6.45, 7) is 0.476. The van der Waals surface area contributed by atoms with Crippen LogP contribution in [0.5, 0.6) is 11.5 Å². The van der Waals surface area contributed by atoms with Crippen molar-refractivity contribution in [2.75, 3.05) is 0 Å². The quantitative estimate of drug-likeness (QED) is 0.381. The van der Waals surface area contributed by atoms with E-state index in [1.807, 2.05) is 60.7 Å². The lowest BCUT2D eigenvalue weighted by molar-refractivity contribution is -0.120. The average molecular weight is 462 g/mol. The Bertz CT molecular complexity index is 1120. The molecule has 5 N–H and O–H groups in total. The van der Waals surface area contributed by atoms with E-state index >= 15 is 0 Å². The Hall–Kier alpha value is -4.33. The SMILES string of the molecule is NC(=O)CC[C@@H](NC(=O)c1cccc(OCc2ccccc2)c1OCc1ccccc1)C(N)=O. The topological polar surface area (TPSA) is 134 Å². The fraction of sp³-hybridized carbons (Fsp3) is 0.192. The molecule has 0 aromatic heterocycles. The van der Waals surface area contributed by atoms with Gasteiger partial charge in [0.2, 0.25) is 11.8 Å². The predicted octanol–water partition coefficient (Wildman–Crippen LogP) is 2.69. The molecule has 0 aliphatic rings. The Morgan fingerprint density at radius 3 is 1.91 bits per heavy atom. The van der Waals surface area contributed by atoms with Gasteiger partial charge in [-0.05, 0) is 29.7 Å². The van der Waals surface area contributed by atoms with E-state index in [-0.39, 0.29) is 37.4 Å². The van der Waals surface area contributed by atoms with Crippen molar-refractivity contribution in [1.29, 1.82) is 0 Å². The second-order valence-electron chi connectivity index (χ2n) is 7.61. The molecule has 0 saturated heterocycles. The second-order valence-corrected chi connectivity index (χ2v) is 7.61. The summed E-state index contributed by atoms with van der Waals surface area (Å²) in [6, 6.07) is 22.9. The van der Waals surface area contributed by atoms with Crippen LogP contribution in [0.4, 0.5) is 0 Å². The molecule has 8 nitrogen and oxygen atoms in total. The maximum atomic E-state index is 13.1. The number of primary amides is 2. The molecule has 3 aromatic rings. The minimum Gasteiger partial charge on any atom is -0.485 e. The van der Waals surface area contributed by atoms with Gasteiger partial charge in [0.1, 0.15) is 19.3 Å². The summed E-state index contributed by atoms with van der Waals surface area (Å²) >= 11 is 0. The summed E-state index contributed by atoms with van der Waals surface area (Å²) in [5.74, 6) is -1.33. The number of rotatable bonds is 12. The highest BCUT2D eigenvalue weighted by Gasteiger charge is 2.23. The average Bonchev–Trinajstić information content (AvgIpc) is 2.85. The molecule has 0 aliphatic carbocycles. The molecule has 34 heavy (non-hydrogen) atoms. The van der Waals surface area contributed by atoms with Crippen LogP contribution in [0.2, 0.25) is 0 Å². The van der Waals surface area contributed by atoms with Crippen LogP contribution in [-0.4, -0.2) is 23.8 Å². The van der Waals surface area contributed by atoms with E-state index in [0.29, 0.717) is 5.75 Å². The highest BCUT2D eigenvalue weighted by Crippen LogP contribution is 2.33. The van der Waals surface area contributed by atoms with E-state index in [9.17, 15) is 14.4 Å². The molecule has 1 atom stereocenters. The molecule has 0 spiro atoms. The number of nitrogens with one attached hydrogen (secondary N) is 1. The zero-order valence-electron chi connectivity index (χ0n) is 18.6. The summed E-state index contributed by atoms with van der Waals surface area (Å²) < 4.78 is 12.0. The highest BCUT2D eigenvalue weighted by molar-refractivity contribution is 6.00. The van der Waals surface area contributed by atoms with Gasteiger partial charge in [-0.25, -0.2) is 0 Å². The molecule has 0 fully saturated rings. The number of hydrogen-bond acceptors (Lipinski definition) is 5. The van der Waals surface area contributed by atoms with E-state index in [1.165, 1.54) is 0 Å². The van der Waals surface area contributed by atoms with Crippen LogP contribution in [0, 0.1) is 0 Å². The van der Waals surface area contributed by atoms with Gasteiger partial charge in [0.05, 0.1) is 5.56 Å². The lowest BCUT2D eigenvalue weighted by atomic mass is 10.1. The van der Waals surface area contributed by atoms with E-state index in [1.54, 1.807) is 18.2 Å². The maximum absolute atomic E-state index is 13.1. The van der Waals surface area contributed by atoms with Crippen molar-refractivity contribution in [3.05, 3.63) is 95.6 Å². The van der Waals surface area contributed by atoms with E-state index < -0.39 is 23.8 Å². The first kappa shape index (κ1) is 24.3. The Morgan fingerprint density at radius 1 is 0.765 bits per heavy atom. The second kappa shape index (κ2) is 12.1. The molecule has 0 aliphatic heterocycles. The molecular formula is C26H27N3O5. The van der Waals surface area contributed by atoms with Crippen LogP contribution in [-0.2, 0) is 22.8 Å². The molecule has 8 heteroatoms. The van der Waals surface area contributed by atoms with E-state index in [4.69, 9.17) is 20.9 Å². The Morgan fingerprint density at radius 2 is 1.35 bits per heavy atom. The molecule has 0 saturated carbocycles. The predicted molar refractivity (Wildman–Crippen MR) is 127 cm³/mol. The van der Waals surface area contributed by atoms with Crippen molar-refractivity contribution in [2.45, 2.75) is 32.1 Å². The first-order valence-electron chi connectivity index (χ1n) is 10.8. The van der Waals surface area contributed by atoms with Crippen LogP contribution >= 0.6 is 0 Å². The normalized spacial score (nSPS) is 11.3. The number of ether oxygens (including phenoxy) is 2. The molecule has 0 radical (unpaired) electrons. The molecule has 3 amide bonds. The first-order chi connectivity index (χ1) is 16.4. The standard InChI is InChI=1S/C26H27N3O5/c27-23(30)15-14-21(25(28)31)29-26(32)20-12-7-13-22(33-16-18-8-3-1-4-9-18)24(20)34-17-19-10-5-2-6-11-19/h1-13,21H,14-17H2,(H2,27,30)(H2,28,31)(H,29,32)/t21-/m1/s1. The molecule has 0 bridgehead atoms. The summed E-state index contributed by atoms with van der Waals surface area (Å²) in [4.78, 5) is 36.0. The van der Waals surface area contributed by atoms with Crippen LogP contribution < -0.4 is 26.3 Å². The van der Waals surface area contributed by atoms with Gasteiger partial charge in [0, 0.05) is 6.42 Å². The van der Waals surface area contributed by atoms with Gasteiger partial charge in [-0.3, -0.25) is 14.4 Å². The number of carbonyl (C=O) groups excluding carboxylic acids is 3. The van der Waals surface area contributed by atoms with E-state index in [2.05, 4.69) is 5.32 Å². The maximum Gasteiger partial charge on any atom is 0.255 e. The number of carbonyl (C=O) groups is 3. The van der Waals surface area contributed by atoms with Gasteiger partial charge < -0.3 is 26.3 Å². The van der Waals surface area contributed by atoms with Crippen LogP contribution in [0.1, 0.15) is 34.3 Å².